The molecule has 0 aliphatic heterocycles. The molecule has 104 valence electrons. The number of hydrazone groups is 1. The Hall–Kier alpha value is -2.32. The maximum absolute atomic E-state index is 6.11. The lowest BCUT2D eigenvalue weighted by Crippen LogP contribution is -2.06. The summed E-state index contributed by atoms with van der Waals surface area (Å²) in [6.45, 7) is 0.612. The molecule has 2 nitrogen and oxygen atoms in total. The fourth-order valence-corrected chi connectivity index (χ4v) is 2.45. The summed E-state index contributed by atoms with van der Waals surface area (Å²) >= 11 is 6.11. The van der Waals surface area contributed by atoms with Crippen LogP contribution in [0.3, 0.4) is 0 Å². The van der Waals surface area contributed by atoms with Crippen LogP contribution in [-0.2, 0) is 6.54 Å². The Morgan fingerprint density at radius 2 is 1.67 bits per heavy atom. The molecular weight excluding hydrogens is 280 g/mol. The summed E-state index contributed by atoms with van der Waals surface area (Å²) in [6.07, 6.45) is 1.85. The maximum Gasteiger partial charge on any atom is 0.0594 e. The summed E-state index contributed by atoms with van der Waals surface area (Å²) < 4.78 is 0. The molecule has 0 heterocycles. The van der Waals surface area contributed by atoms with Crippen molar-refractivity contribution >= 4 is 28.6 Å². The Bertz CT molecular complexity index is 776. The molecule has 0 unspecified atom stereocenters. The standard InChI is InChI=1S/C18H15ClN2/c19-18-11-4-2-7-16(18)13-21-20-12-15-9-5-8-14-6-1-3-10-17(14)15/h1-12,21H,13H2/b20-12-. The van der Waals surface area contributed by atoms with Crippen LogP contribution in [-0.4, -0.2) is 6.21 Å². The molecule has 0 aliphatic rings. The summed E-state index contributed by atoms with van der Waals surface area (Å²) in [5.74, 6) is 0. The van der Waals surface area contributed by atoms with E-state index in [2.05, 4.69) is 34.8 Å². The van der Waals surface area contributed by atoms with Crippen molar-refractivity contribution in [1.29, 1.82) is 0 Å². The number of nitrogens with zero attached hydrogens (tertiary/aromatic N) is 1. The Balaban J connectivity index is 1.72. The third-order valence-corrected chi connectivity index (χ3v) is 3.71. The highest BCUT2D eigenvalue weighted by molar-refractivity contribution is 6.31. The van der Waals surface area contributed by atoms with Crippen LogP contribution in [0.1, 0.15) is 11.1 Å². The SMILES string of the molecule is Clc1ccccc1CN/N=C\c1cccc2ccccc12. The zero-order valence-corrected chi connectivity index (χ0v) is 12.2. The van der Waals surface area contributed by atoms with Gasteiger partial charge in [-0.3, -0.25) is 0 Å². The highest BCUT2D eigenvalue weighted by atomic mass is 35.5. The Labute approximate surface area is 129 Å². The second-order valence-corrected chi connectivity index (χ2v) is 5.16. The molecule has 3 aromatic rings. The van der Waals surface area contributed by atoms with Crippen molar-refractivity contribution < 1.29 is 0 Å². The molecule has 0 bridgehead atoms. The molecule has 0 aromatic heterocycles. The van der Waals surface area contributed by atoms with Gasteiger partial charge in [0.2, 0.25) is 0 Å². The molecule has 0 spiro atoms. The van der Waals surface area contributed by atoms with E-state index in [1.54, 1.807) is 0 Å². The van der Waals surface area contributed by atoms with Crippen LogP contribution in [0.4, 0.5) is 0 Å². The van der Waals surface area contributed by atoms with Crippen LogP contribution in [0.2, 0.25) is 5.02 Å². The average Bonchev–Trinajstić information content (AvgIpc) is 2.53. The van der Waals surface area contributed by atoms with E-state index in [9.17, 15) is 0 Å². The highest BCUT2D eigenvalue weighted by Crippen LogP contribution is 2.17. The lowest BCUT2D eigenvalue weighted by molar-refractivity contribution is 0.748. The maximum atomic E-state index is 6.11. The Kier molecular flexibility index (Phi) is 4.17. The van der Waals surface area contributed by atoms with Gasteiger partial charge in [-0.1, -0.05) is 72.3 Å². The van der Waals surface area contributed by atoms with Gasteiger partial charge >= 0.3 is 0 Å². The van der Waals surface area contributed by atoms with Crippen LogP contribution in [0.25, 0.3) is 10.8 Å². The first kappa shape index (κ1) is 13.7. The van der Waals surface area contributed by atoms with Crippen LogP contribution in [0.15, 0.2) is 71.8 Å². The molecule has 0 saturated carbocycles. The lowest BCUT2D eigenvalue weighted by Gasteiger charge is -2.04. The first-order valence-electron chi connectivity index (χ1n) is 6.82. The molecule has 0 fully saturated rings. The fourth-order valence-electron chi connectivity index (χ4n) is 2.25. The minimum absolute atomic E-state index is 0.612. The monoisotopic (exact) mass is 294 g/mol. The number of benzene rings is 3. The van der Waals surface area contributed by atoms with Crippen LogP contribution < -0.4 is 5.43 Å². The van der Waals surface area contributed by atoms with Gasteiger partial charge in [0.1, 0.15) is 0 Å². The number of hydrogen-bond donors (Lipinski definition) is 1. The van der Waals surface area contributed by atoms with Crippen LogP contribution in [0.5, 0.6) is 0 Å². The molecule has 3 aromatic carbocycles. The molecule has 0 radical (unpaired) electrons. The van der Waals surface area contributed by atoms with Gasteiger partial charge in [-0.25, -0.2) is 0 Å². The molecule has 0 saturated heterocycles. The molecule has 3 heteroatoms. The van der Waals surface area contributed by atoms with E-state index in [0.29, 0.717) is 6.54 Å². The fraction of sp³-hybridized carbons (Fsp3) is 0.0556. The molecule has 3 rings (SSSR count). The smallest absolute Gasteiger partial charge is 0.0594 e. The van der Waals surface area contributed by atoms with Gasteiger partial charge in [-0.05, 0) is 22.4 Å². The first-order chi connectivity index (χ1) is 10.3. The summed E-state index contributed by atoms with van der Waals surface area (Å²) in [5.41, 5.74) is 5.17. The van der Waals surface area contributed by atoms with Crippen molar-refractivity contribution in [2.24, 2.45) is 5.10 Å². The summed E-state index contributed by atoms with van der Waals surface area (Å²) in [6, 6.07) is 22.2. The predicted octanol–water partition coefficient (Wildman–Crippen LogP) is 4.62. The minimum atomic E-state index is 0.612. The zero-order valence-electron chi connectivity index (χ0n) is 11.5. The van der Waals surface area contributed by atoms with Gasteiger partial charge in [-0.2, -0.15) is 5.10 Å². The molecular formula is C18H15ClN2. The number of hydrogen-bond acceptors (Lipinski definition) is 2. The van der Waals surface area contributed by atoms with E-state index >= 15 is 0 Å². The van der Waals surface area contributed by atoms with Crippen LogP contribution >= 0.6 is 11.6 Å². The first-order valence-corrected chi connectivity index (χ1v) is 7.19. The Morgan fingerprint density at radius 1 is 0.905 bits per heavy atom. The predicted molar refractivity (Wildman–Crippen MR) is 89.8 cm³/mol. The summed E-state index contributed by atoms with van der Waals surface area (Å²) in [7, 11) is 0. The van der Waals surface area contributed by atoms with Crippen molar-refractivity contribution in [3.05, 3.63) is 82.9 Å². The minimum Gasteiger partial charge on any atom is -0.306 e. The number of rotatable bonds is 4. The van der Waals surface area contributed by atoms with Gasteiger partial charge in [0.25, 0.3) is 0 Å². The number of fused-ring (bicyclic) bond motifs is 1. The van der Waals surface area contributed by atoms with Crippen molar-refractivity contribution in [3.63, 3.8) is 0 Å². The molecule has 21 heavy (non-hydrogen) atoms. The third kappa shape index (κ3) is 3.23. The van der Waals surface area contributed by atoms with Crippen molar-refractivity contribution in [1.82, 2.24) is 5.43 Å². The van der Waals surface area contributed by atoms with E-state index in [4.69, 9.17) is 11.6 Å². The van der Waals surface area contributed by atoms with Crippen molar-refractivity contribution in [2.45, 2.75) is 6.54 Å². The largest absolute Gasteiger partial charge is 0.306 e. The van der Waals surface area contributed by atoms with Gasteiger partial charge < -0.3 is 5.43 Å². The van der Waals surface area contributed by atoms with E-state index < -0.39 is 0 Å². The van der Waals surface area contributed by atoms with Gasteiger partial charge in [0.05, 0.1) is 12.8 Å². The second kappa shape index (κ2) is 6.42. The average molecular weight is 295 g/mol. The van der Waals surface area contributed by atoms with E-state index in [1.165, 1.54) is 10.8 Å². The van der Waals surface area contributed by atoms with Crippen molar-refractivity contribution in [3.8, 4) is 0 Å². The lowest BCUT2D eigenvalue weighted by atomic mass is 10.1. The quantitative estimate of drug-likeness (QED) is 0.551. The van der Waals surface area contributed by atoms with E-state index in [0.717, 1.165) is 16.1 Å². The normalized spacial score (nSPS) is 11.1. The van der Waals surface area contributed by atoms with Gasteiger partial charge in [-0.15, -0.1) is 0 Å². The number of nitrogens with one attached hydrogen (secondary N) is 1. The topological polar surface area (TPSA) is 24.4 Å². The number of halogens is 1. The Morgan fingerprint density at radius 3 is 2.57 bits per heavy atom. The van der Waals surface area contributed by atoms with Gasteiger partial charge in [0.15, 0.2) is 0 Å². The summed E-state index contributed by atoms with van der Waals surface area (Å²) in [5, 5.41) is 7.46. The van der Waals surface area contributed by atoms with Crippen molar-refractivity contribution in [2.75, 3.05) is 0 Å². The molecule has 0 aliphatic carbocycles. The third-order valence-electron chi connectivity index (χ3n) is 3.35. The van der Waals surface area contributed by atoms with E-state index in [1.807, 2.05) is 48.7 Å². The molecule has 0 amide bonds. The molecule has 0 atom stereocenters. The van der Waals surface area contributed by atoms with E-state index in [-0.39, 0.29) is 0 Å². The second-order valence-electron chi connectivity index (χ2n) is 4.75. The zero-order chi connectivity index (χ0) is 14.5. The highest BCUT2D eigenvalue weighted by Gasteiger charge is 1.98. The molecule has 1 N–H and O–H groups in total. The van der Waals surface area contributed by atoms with Crippen LogP contribution in [0, 0.1) is 0 Å². The van der Waals surface area contributed by atoms with Gasteiger partial charge in [0, 0.05) is 10.6 Å². The summed E-state index contributed by atoms with van der Waals surface area (Å²) in [4.78, 5) is 0.